The minimum absolute atomic E-state index is 0.187. The third-order valence-electron chi connectivity index (χ3n) is 8.40. The molecule has 0 bridgehead atoms. The number of piperazine rings is 1. The lowest BCUT2D eigenvalue weighted by Crippen LogP contribution is -2.51. The first-order valence-electron chi connectivity index (χ1n) is 16.2. The van der Waals surface area contributed by atoms with Crippen molar-refractivity contribution in [3.8, 4) is 5.75 Å². The number of nitrogens with one attached hydrogen (secondary N) is 1. The third-order valence-corrected chi connectivity index (χ3v) is 8.40. The smallest absolute Gasteiger partial charge is 0.416 e. The van der Waals surface area contributed by atoms with Gasteiger partial charge in [0.2, 0.25) is 11.8 Å². The summed E-state index contributed by atoms with van der Waals surface area (Å²) in [5, 5.41) is 2.96. The normalized spacial score (nSPS) is 14.8. The van der Waals surface area contributed by atoms with Gasteiger partial charge in [-0.1, -0.05) is 84.9 Å². The number of rotatable bonds is 12. The average Bonchev–Trinajstić information content (AvgIpc) is 3.10. The monoisotopic (exact) mass is 655 g/mol. The van der Waals surface area contributed by atoms with Crippen molar-refractivity contribution in [2.75, 3.05) is 32.8 Å². The highest BCUT2D eigenvalue weighted by molar-refractivity contribution is 6.04. The molecule has 1 heterocycles. The molecule has 0 saturated carbocycles. The molecule has 0 aliphatic carbocycles. The molecule has 1 fully saturated rings. The Bertz CT molecular complexity index is 1650. The van der Waals surface area contributed by atoms with E-state index in [9.17, 15) is 22.8 Å². The third kappa shape index (κ3) is 9.58. The number of halogens is 3. The summed E-state index contributed by atoms with van der Waals surface area (Å²) in [5.41, 5.74) is 2.71. The van der Waals surface area contributed by atoms with Gasteiger partial charge in [-0.25, -0.2) is 0 Å². The van der Waals surface area contributed by atoms with Crippen LogP contribution in [0.3, 0.4) is 0 Å². The molecule has 2 amide bonds. The first-order chi connectivity index (χ1) is 23.2. The maximum Gasteiger partial charge on any atom is 0.416 e. The van der Waals surface area contributed by atoms with Crippen LogP contribution in [-0.4, -0.2) is 54.4 Å². The van der Waals surface area contributed by atoms with E-state index in [-0.39, 0.29) is 24.4 Å². The van der Waals surface area contributed by atoms with Crippen LogP contribution in [0.1, 0.15) is 34.7 Å². The number of hydrogen-bond donors (Lipinski definition) is 1. The lowest BCUT2D eigenvalue weighted by Gasteiger charge is -2.37. The van der Waals surface area contributed by atoms with E-state index in [0.29, 0.717) is 44.1 Å². The molecule has 4 aromatic rings. The van der Waals surface area contributed by atoms with Gasteiger partial charge < -0.3 is 15.0 Å². The van der Waals surface area contributed by atoms with E-state index in [1.165, 1.54) is 17.7 Å². The van der Waals surface area contributed by atoms with Gasteiger partial charge in [-0.2, -0.15) is 13.2 Å². The Morgan fingerprint density at radius 1 is 0.792 bits per heavy atom. The number of carbonyl (C=O) groups is 2. The Morgan fingerprint density at radius 2 is 1.40 bits per heavy atom. The summed E-state index contributed by atoms with van der Waals surface area (Å²) in [6.45, 7) is 5.77. The number of amides is 2. The van der Waals surface area contributed by atoms with Crippen molar-refractivity contribution < 1.29 is 27.5 Å². The Morgan fingerprint density at radius 3 is 1.98 bits per heavy atom. The number of hydrogen-bond acceptors (Lipinski definition) is 4. The molecular weight excluding hydrogens is 615 g/mol. The van der Waals surface area contributed by atoms with Crippen molar-refractivity contribution in [2.24, 2.45) is 5.92 Å². The molecule has 250 valence electrons. The summed E-state index contributed by atoms with van der Waals surface area (Å²) >= 11 is 0. The van der Waals surface area contributed by atoms with Gasteiger partial charge in [0.05, 0.1) is 18.1 Å². The van der Waals surface area contributed by atoms with Gasteiger partial charge >= 0.3 is 6.18 Å². The van der Waals surface area contributed by atoms with E-state index >= 15 is 0 Å². The summed E-state index contributed by atoms with van der Waals surface area (Å²) in [7, 11) is 0. The molecule has 9 heteroatoms. The summed E-state index contributed by atoms with van der Waals surface area (Å²) < 4.78 is 45.5. The Balaban J connectivity index is 1.42. The lowest BCUT2D eigenvalue weighted by atomic mass is 9.88. The molecule has 5 rings (SSSR count). The molecule has 1 aliphatic heterocycles. The standard InChI is InChI=1S/C39H40F3N3O3/c1-2-48-34-19-15-31(16-20-34)27-43-37(46)35(25-30-13-17-33(18-14-30)39(40,41)42)36(26-29-9-5-3-6-10-29)38(47)45-23-21-44(22-24-45)28-32-11-7-4-8-12-32/h3-20,25,36H,2,21-24,26-28H2,1H3,(H,43,46)/t36-/m0/s1. The van der Waals surface area contributed by atoms with E-state index in [0.717, 1.165) is 29.8 Å². The van der Waals surface area contributed by atoms with Crippen LogP contribution < -0.4 is 10.1 Å². The zero-order valence-corrected chi connectivity index (χ0v) is 27.0. The van der Waals surface area contributed by atoms with Crippen LogP contribution in [0.2, 0.25) is 0 Å². The molecule has 1 N–H and O–H groups in total. The predicted octanol–water partition coefficient (Wildman–Crippen LogP) is 7.01. The van der Waals surface area contributed by atoms with Crippen molar-refractivity contribution in [2.45, 2.75) is 32.6 Å². The molecule has 0 aromatic heterocycles. The van der Waals surface area contributed by atoms with Gasteiger partial charge in [0.1, 0.15) is 5.75 Å². The minimum atomic E-state index is -4.49. The van der Waals surface area contributed by atoms with Gasteiger partial charge in [-0.05, 0) is 65.9 Å². The van der Waals surface area contributed by atoms with Gasteiger partial charge in [0.15, 0.2) is 0 Å². The molecule has 0 spiro atoms. The van der Waals surface area contributed by atoms with Gasteiger partial charge in [0, 0.05) is 44.8 Å². The first-order valence-corrected chi connectivity index (χ1v) is 16.2. The van der Waals surface area contributed by atoms with Crippen LogP contribution >= 0.6 is 0 Å². The van der Waals surface area contributed by atoms with Gasteiger partial charge in [-0.15, -0.1) is 0 Å². The molecule has 1 atom stereocenters. The first kappa shape index (κ1) is 34.4. The summed E-state index contributed by atoms with van der Waals surface area (Å²) in [4.78, 5) is 32.5. The maximum atomic E-state index is 14.4. The zero-order valence-electron chi connectivity index (χ0n) is 27.0. The number of carbonyl (C=O) groups excluding carboxylic acids is 2. The summed E-state index contributed by atoms with van der Waals surface area (Å²) in [6, 6.07) is 31.6. The van der Waals surface area contributed by atoms with Crippen LogP contribution in [0.15, 0.2) is 115 Å². The number of benzene rings is 4. The maximum absolute atomic E-state index is 14.4. The van der Waals surface area contributed by atoms with Crippen LogP contribution in [-0.2, 0) is 35.3 Å². The second-order valence-corrected chi connectivity index (χ2v) is 11.8. The SMILES string of the molecule is CCOc1ccc(CNC(=O)C(=Cc2ccc(C(F)(F)F)cc2)[C@H](Cc2ccccc2)C(=O)N2CCN(Cc3ccccc3)CC2)cc1. The molecular formula is C39H40F3N3O3. The molecule has 4 aromatic carbocycles. The van der Waals surface area contributed by atoms with Crippen LogP contribution in [0.25, 0.3) is 6.08 Å². The van der Waals surface area contributed by atoms with E-state index in [4.69, 9.17) is 4.74 Å². The van der Waals surface area contributed by atoms with E-state index in [1.54, 1.807) is 11.0 Å². The highest BCUT2D eigenvalue weighted by Gasteiger charge is 2.34. The van der Waals surface area contributed by atoms with Crippen molar-refractivity contribution >= 4 is 17.9 Å². The number of nitrogens with zero attached hydrogens (tertiary/aromatic N) is 2. The molecule has 48 heavy (non-hydrogen) atoms. The molecule has 6 nitrogen and oxygen atoms in total. The van der Waals surface area contributed by atoms with Crippen molar-refractivity contribution in [3.63, 3.8) is 0 Å². The highest BCUT2D eigenvalue weighted by atomic mass is 19.4. The van der Waals surface area contributed by atoms with Crippen LogP contribution in [0.5, 0.6) is 5.75 Å². The highest BCUT2D eigenvalue weighted by Crippen LogP contribution is 2.30. The van der Waals surface area contributed by atoms with Gasteiger partial charge in [-0.3, -0.25) is 14.5 Å². The van der Waals surface area contributed by atoms with Gasteiger partial charge in [0.25, 0.3) is 0 Å². The summed E-state index contributed by atoms with van der Waals surface area (Å²) in [6.07, 6.45) is -2.69. The fraction of sp³-hybridized carbons (Fsp3) is 0.282. The molecule has 1 aliphatic rings. The fourth-order valence-corrected chi connectivity index (χ4v) is 5.80. The lowest BCUT2D eigenvalue weighted by molar-refractivity contribution is -0.138. The predicted molar refractivity (Wildman–Crippen MR) is 181 cm³/mol. The van der Waals surface area contributed by atoms with Crippen molar-refractivity contribution in [3.05, 3.63) is 143 Å². The second kappa shape index (κ2) is 16.3. The quantitative estimate of drug-likeness (QED) is 0.167. The van der Waals surface area contributed by atoms with Crippen LogP contribution in [0.4, 0.5) is 13.2 Å². The van der Waals surface area contributed by atoms with E-state index in [2.05, 4.69) is 22.3 Å². The second-order valence-electron chi connectivity index (χ2n) is 11.8. The zero-order chi connectivity index (χ0) is 33.9. The topological polar surface area (TPSA) is 61.9 Å². The molecule has 0 unspecified atom stereocenters. The number of ether oxygens (including phenoxy) is 1. The van der Waals surface area contributed by atoms with Crippen molar-refractivity contribution in [1.29, 1.82) is 0 Å². The Labute approximate surface area is 279 Å². The van der Waals surface area contributed by atoms with Crippen molar-refractivity contribution in [1.82, 2.24) is 15.1 Å². The largest absolute Gasteiger partial charge is 0.494 e. The Hall–Kier alpha value is -4.89. The van der Waals surface area contributed by atoms with E-state index < -0.39 is 23.6 Å². The summed E-state index contributed by atoms with van der Waals surface area (Å²) in [5.74, 6) is -0.795. The van der Waals surface area contributed by atoms with E-state index in [1.807, 2.05) is 79.7 Å². The fourth-order valence-electron chi connectivity index (χ4n) is 5.80. The number of alkyl halides is 3. The molecule has 1 saturated heterocycles. The average molecular weight is 656 g/mol. The Kier molecular flexibility index (Phi) is 11.7. The minimum Gasteiger partial charge on any atom is -0.494 e. The molecule has 0 radical (unpaired) electrons. The van der Waals surface area contributed by atoms with Crippen LogP contribution in [0, 0.1) is 5.92 Å².